The Morgan fingerprint density at radius 2 is 2.00 bits per heavy atom. The molecule has 1 saturated carbocycles. The van der Waals surface area contributed by atoms with E-state index in [0.717, 1.165) is 6.54 Å². The minimum atomic E-state index is 0.384. The summed E-state index contributed by atoms with van der Waals surface area (Å²) in [6, 6.07) is 9.26. The standard InChI is InChI=1S/C16H24N2/c1-16(9-5-2-6-10-16)17-12-14-11-13-7-3-4-8-15(13)18-14/h3-4,7-8,14,17-18H,2,5-6,9-12H2,1H3. The van der Waals surface area contributed by atoms with Gasteiger partial charge in [0.1, 0.15) is 0 Å². The fourth-order valence-corrected chi connectivity index (χ4v) is 3.38. The number of nitrogens with one attached hydrogen (secondary N) is 2. The van der Waals surface area contributed by atoms with Crippen molar-refractivity contribution < 1.29 is 0 Å². The Labute approximate surface area is 110 Å². The summed E-state index contributed by atoms with van der Waals surface area (Å²) in [6.07, 6.45) is 8.05. The number of hydrogen-bond acceptors (Lipinski definition) is 2. The summed E-state index contributed by atoms with van der Waals surface area (Å²) in [5.41, 5.74) is 3.19. The van der Waals surface area contributed by atoms with Crippen LogP contribution in [0.25, 0.3) is 0 Å². The van der Waals surface area contributed by atoms with Crippen molar-refractivity contribution in [3.05, 3.63) is 29.8 Å². The Balaban J connectivity index is 1.53. The van der Waals surface area contributed by atoms with Crippen LogP contribution in [-0.2, 0) is 6.42 Å². The van der Waals surface area contributed by atoms with Crippen molar-refractivity contribution in [3.63, 3.8) is 0 Å². The molecule has 0 radical (unpaired) electrons. The summed E-state index contributed by atoms with van der Waals surface area (Å²) >= 11 is 0. The molecule has 0 bridgehead atoms. The first-order valence-corrected chi connectivity index (χ1v) is 7.35. The highest BCUT2D eigenvalue weighted by atomic mass is 15.0. The number of anilines is 1. The second-order valence-corrected chi connectivity index (χ2v) is 6.20. The van der Waals surface area contributed by atoms with Gasteiger partial charge in [0, 0.05) is 23.8 Å². The van der Waals surface area contributed by atoms with Gasteiger partial charge in [-0.1, -0.05) is 37.5 Å². The third-order valence-corrected chi connectivity index (χ3v) is 4.58. The molecule has 2 N–H and O–H groups in total. The van der Waals surface area contributed by atoms with Gasteiger partial charge in [0.05, 0.1) is 0 Å². The van der Waals surface area contributed by atoms with Crippen LogP contribution in [0.3, 0.4) is 0 Å². The van der Waals surface area contributed by atoms with Crippen LogP contribution in [0.2, 0.25) is 0 Å². The van der Waals surface area contributed by atoms with Crippen molar-refractivity contribution in [2.24, 2.45) is 0 Å². The largest absolute Gasteiger partial charge is 0.380 e. The van der Waals surface area contributed by atoms with Crippen molar-refractivity contribution in [1.29, 1.82) is 0 Å². The molecule has 0 spiro atoms. The average molecular weight is 244 g/mol. The lowest BCUT2D eigenvalue weighted by molar-refractivity contribution is 0.252. The van der Waals surface area contributed by atoms with E-state index in [1.807, 2.05) is 0 Å². The minimum absolute atomic E-state index is 0.384. The molecule has 0 saturated heterocycles. The predicted octanol–water partition coefficient (Wildman–Crippen LogP) is 3.34. The van der Waals surface area contributed by atoms with E-state index < -0.39 is 0 Å². The van der Waals surface area contributed by atoms with Gasteiger partial charge in [-0.05, 0) is 37.8 Å². The van der Waals surface area contributed by atoms with Gasteiger partial charge in [-0.15, -0.1) is 0 Å². The van der Waals surface area contributed by atoms with Gasteiger partial charge in [-0.25, -0.2) is 0 Å². The van der Waals surface area contributed by atoms with Gasteiger partial charge in [-0.3, -0.25) is 0 Å². The van der Waals surface area contributed by atoms with E-state index in [1.54, 1.807) is 0 Å². The number of hydrogen-bond donors (Lipinski definition) is 2. The van der Waals surface area contributed by atoms with Crippen LogP contribution < -0.4 is 10.6 Å². The Morgan fingerprint density at radius 3 is 2.78 bits per heavy atom. The van der Waals surface area contributed by atoms with E-state index in [-0.39, 0.29) is 0 Å². The van der Waals surface area contributed by atoms with E-state index in [1.165, 1.54) is 49.8 Å². The fraction of sp³-hybridized carbons (Fsp3) is 0.625. The highest BCUT2D eigenvalue weighted by Crippen LogP contribution is 2.29. The van der Waals surface area contributed by atoms with E-state index in [2.05, 4.69) is 41.8 Å². The Hall–Kier alpha value is -1.02. The molecule has 0 amide bonds. The van der Waals surface area contributed by atoms with Crippen molar-refractivity contribution in [3.8, 4) is 0 Å². The van der Waals surface area contributed by atoms with E-state index in [4.69, 9.17) is 0 Å². The van der Waals surface area contributed by atoms with Gasteiger partial charge in [0.25, 0.3) is 0 Å². The molecule has 2 heteroatoms. The van der Waals surface area contributed by atoms with Crippen LogP contribution in [0.1, 0.15) is 44.6 Å². The normalized spacial score (nSPS) is 25.5. The number of rotatable bonds is 3. The smallest absolute Gasteiger partial charge is 0.0427 e. The summed E-state index contributed by atoms with van der Waals surface area (Å²) in [7, 11) is 0. The van der Waals surface area contributed by atoms with Crippen molar-refractivity contribution >= 4 is 5.69 Å². The molecule has 98 valence electrons. The summed E-state index contributed by atoms with van der Waals surface area (Å²) < 4.78 is 0. The molecule has 1 heterocycles. The molecule has 1 aliphatic carbocycles. The van der Waals surface area contributed by atoms with Crippen LogP contribution in [0, 0.1) is 0 Å². The monoisotopic (exact) mass is 244 g/mol. The molecule has 2 aliphatic rings. The maximum Gasteiger partial charge on any atom is 0.0427 e. The second-order valence-electron chi connectivity index (χ2n) is 6.20. The molecule has 1 unspecified atom stereocenters. The molecule has 1 atom stereocenters. The SMILES string of the molecule is CC1(NCC2Cc3ccccc3N2)CCCCC1. The van der Waals surface area contributed by atoms with Crippen LogP contribution in [0.5, 0.6) is 0 Å². The first kappa shape index (κ1) is 12.0. The first-order valence-electron chi connectivity index (χ1n) is 7.35. The minimum Gasteiger partial charge on any atom is -0.380 e. The van der Waals surface area contributed by atoms with Crippen molar-refractivity contribution in [1.82, 2.24) is 5.32 Å². The Kier molecular flexibility index (Phi) is 3.29. The highest BCUT2D eigenvalue weighted by molar-refractivity contribution is 5.56. The topological polar surface area (TPSA) is 24.1 Å². The lowest BCUT2D eigenvalue weighted by Crippen LogP contribution is -2.48. The molecule has 1 aromatic carbocycles. The lowest BCUT2D eigenvalue weighted by Gasteiger charge is -2.35. The lowest BCUT2D eigenvalue weighted by atomic mass is 9.83. The van der Waals surface area contributed by atoms with Crippen LogP contribution >= 0.6 is 0 Å². The predicted molar refractivity (Wildman–Crippen MR) is 77.0 cm³/mol. The van der Waals surface area contributed by atoms with Crippen LogP contribution in [0.15, 0.2) is 24.3 Å². The van der Waals surface area contributed by atoms with Gasteiger partial charge in [0.2, 0.25) is 0 Å². The van der Waals surface area contributed by atoms with E-state index in [0.29, 0.717) is 11.6 Å². The fourth-order valence-electron chi connectivity index (χ4n) is 3.38. The van der Waals surface area contributed by atoms with E-state index >= 15 is 0 Å². The number of benzene rings is 1. The second kappa shape index (κ2) is 4.93. The van der Waals surface area contributed by atoms with Crippen LogP contribution in [0.4, 0.5) is 5.69 Å². The zero-order valence-corrected chi connectivity index (χ0v) is 11.3. The molecule has 0 aromatic heterocycles. The molecular weight excluding hydrogens is 220 g/mol. The molecular formula is C16H24N2. The van der Waals surface area contributed by atoms with Gasteiger partial charge >= 0.3 is 0 Å². The summed E-state index contributed by atoms with van der Waals surface area (Å²) in [6.45, 7) is 3.49. The summed E-state index contributed by atoms with van der Waals surface area (Å²) in [5.74, 6) is 0. The average Bonchev–Trinajstić information content (AvgIpc) is 2.80. The maximum absolute atomic E-state index is 3.81. The quantitative estimate of drug-likeness (QED) is 0.852. The molecule has 2 nitrogen and oxygen atoms in total. The van der Waals surface area contributed by atoms with Crippen LogP contribution in [-0.4, -0.2) is 18.1 Å². The van der Waals surface area contributed by atoms with E-state index in [9.17, 15) is 0 Å². The molecule has 1 fully saturated rings. The third kappa shape index (κ3) is 2.54. The highest BCUT2D eigenvalue weighted by Gasteiger charge is 2.28. The van der Waals surface area contributed by atoms with Crippen molar-refractivity contribution in [2.45, 2.75) is 57.0 Å². The maximum atomic E-state index is 3.81. The molecule has 1 aromatic rings. The Morgan fingerprint density at radius 1 is 1.22 bits per heavy atom. The molecule has 18 heavy (non-hydrogen) atoms. The molecule has 3 rings (SSSR count). The zero-order valence-electron chi connectivity index (χ0n) is 11.3. The third-order valence-electron chi connectivity index (χ3n) is 4.58. The van der Waals surface area contributed by atoms with Gasteiger partial charge < -0.3 is 10.6 Å². The van der Waals surface area contributed by atoms with Gasteiger partial charge in [0.15, 0.2) is 0 Å². The van der Waals surface area contributed by atoms with Gasteiger partial charge in [-0.2, -0.15) is 0 Å². The number of fused-ring (bicyclic) bond motifs is 1. The Bertz CT molecular complexity index is 382. The zero-order chi connectivity index (χ0) is 12.4. The molecule has 1 aliphatic heterocycles. The van der Waals surface area contributed by atoms with Crippen molar-refractivity contribution in [2.75, 3.05) is 11.9 Å². The summed E-state index contributed by atoms with van der Waals surface area (Å²) in [4.78, 5) is 0. The summed E-state index contributed by atoms with van der Waals surface area (Å²) in [5, 5.41) is 7.44. The first-order chi connectivity index (χ1) is 8.75. The number of para-hydroxylation sites is 1.